The van der Waals surface area contributed by atoms with E-state index in [1.807, 2.05) is 60.6 Å². The van der Waals surface area contributed by atoms with Gasteiger partial charge in [0.15, 0.2) is 0 Å². The summed E-state index contributed by atoms with van der Waals surface area (Å²) < 4.78 is 11.4. The number of carbonyl (C=O) groups excluding carboxylic acids is 2. The number of nitrogens with zero attached hydrogens (tertiary/aromatic N) is 3. The van der Waals surface area contributed by atoms with E-state index in [2.05, 4.69) is 11.9 Å². The Hall–Kier alpha value is -2.57. The number of hydrogen-bond donors (Lipinski definition) is 0. The van der Waals surface area contributed by atoms with Crippen LogP contribution in [0, 0.1) is 0 Å². The lowest BCUT2D eigenvalue weighted by molar-refractivity contribution is -0.0490. The lowest BCUT2D eigenvalue weighted by atomic mass is 9.97. The standard InChI is InChI=1S/C25H39N3O4/c1-9-10-11-12-20-18(2)27(22(29)31-24(3,4)5)28(23(30)32-25(6,7)8)21(20)17-19-13-15-26-16-14-19/h13-16,18H,9-12,17H2,1-8H3. The number of ether oxygens (including phenoxy) is 2. The van der Waals surface area contributed by atoms with Crippen LogP contribution in [0.5, 0.6) is 0 Å². The van der Waals surface area contributed by atoms with Gasteiger partial charge in [-0.15, -0.1) is 0 Å². The quantitative estimate of drug-likeness (QED) is 0.484. The Morgan fingerprint density at radius 2 is 1.53 bits per heavy atom. The first-order valence-electron chi connectivity index (χ1n) is 11.5. The molecule has 2 rings (SSSR count). The summed E-state index contributed by atoms with van der Waals surface area (Å²) in [5, 5.41) is 2.81. The monoisotopic (exact) mass is 445 g/mol. The smallest absolute Gasteiger partial charge is 0.434 e. The molecule has 0 saturated heterocycles. The van der Waals surface area contributed by atoms with Gasteiger partial charge in [-0.3, -0.25) is 4.98 Å². The van der Waals surface area contributed by atoms with Gasteiger partial charge < -0.3 is 9.47 Å². The molecule has 0 aliphatic carbocycles. The first kappa shape index (κ1) is 25.7. The van der Waals surface area contributed by atoms with E-state index in [0.717, 1.165) is 42.5 Å². The maximum absolute atomic E-state index is 13.4. The van der Waals surface area contributed by atoms with Crippen LogP contribution in [0.1, 0.15) is 86.6 Å². The SMILES string of the molecule is CCCCCC1=C(Cc2ccncc2)N(C(=O)OC(C)(C)C)N(C(=O)OC(C)(C)C)C1C. The van der Waals surface area contributed by atoms with Crippen molar-refractivity contribution in [3.05, 3.63) is 41.4 Å². The Labute approximate surface area is 192 Å². The zero-order chi connectivity index (χ0) is 24.1. The molecule has 0 fully saturated rings. The molecule has 0 bridgehead atoms. The predicted octanol–water partition coefficient (Wildman–Crippen LogP) is 6.25. The average molecular weight is 446 g/mol. The topological polar surface area (TPSA) is 72.0 Å². The Morgan fingerprint density at radius 1 is 0.969 bits per heavy atom. The van der Waals surface area contributed by atoms with Crippen LogP contribution >= 0.6 is 0 Å². The minimum atomic E-state index is -0.702. The van der Waals surface area contributed by atoms with Gasteiger partial charge in [0.1, 0.15) is 11.2 Å². The van der Waals surface area contributed by atoms with E-state index in [-0.39, 0.29) is 6.04 Å². The van der Waals surface area contributed by atoms with Gasteiger partial charge in [-0.05, 0) is 84.6 Å². The van der Waals surface area contributed by atoms with Crippen molar-refractivity contribution in [2.45, 2.75) is 105 Å². The highest BCUT2D eigenvalue weighted by Gasteiger charge is 2.45. The second-order valence-electron chi connectivity index (χ2n) is 10.3. The molecule has 0 spiro atoms. The van der Waals surface area contributed by atoms with Gasteiger partial charge in [0.05, 0.1) is 11.7 Å². The van der Waals surface area contributed by atoms with E-state index in [1.165, 1.54) is 10.0 Å². The maximum atomic E-state index is 13.4. The molecule has 1 aromatic heterocycles. The molecule has 0 saturated carbocycles. The van der Waals surface area contributed by atoms with Crippen molar-refractivity contribution in [3.8, 4) is 0 Å². The van der Waals surface area contributed by atoms with E-state index in [0.29, 0.717) is 6.42 Å². The molecule has 2 heterocycles. The Morgan fingerprint density at radius 3 is 2.06 bits per heavy atom. The van der Waals surface area contributed by atoms with Crippen LogP contribution in [-0.4, -0.2) is 44.4 Å². The molecular weight excluding hydrogens is 406 g/mol. The molecule has 1 unspecified atom stereocenters. The fourth-order valence-corrected chi connectivity index (χ4v) is 3.68. The van der Waals surface area contributed by atoms with E-state index < -0.39 is 23.4 Å². The average Bonchev–Trinajstić information content (AvgIpc) is 2.92. The normalized spacial score (nSPS) is 17.1. The van der Waals surface area contributed by atoms with E-state index >= 15 is 0 Å². The summed E-state index contributed by atoms with van der Waals surface area (Å²) >= 11 is 0. The van der Waals surface area contributed by atoms with E-state index in [9.17, 15) is 9.59 Å². The molecule has 2 amide bonds. The number of hydrazine groups is 1. The summed E-state index contributed by atoms with van der Waals surface area (Å²) in [5.41, 5.74) is 1.46. The summed E-state index contributed by atoms with van der Waals surface area (Å²) in [4.78, 5) is 30.7. The number of carbonyl (C=O) groups is 2. The van der Waals surface area contributed by atoms with Crippen molar-refractivity contribution >= 4 is 12.2 Å². The van der Waals surface area contributed by atoms with Gasteiger partial charge in [0.25, 0.3) is 0 Å². The fourth-order valence-electron chi connectivity index (χ4n) is 3.68. The molecular formula is C25H39N3O4. The molecule has 1 aliphatic rings. The van der Waals surface area contributed by atoms with Crippen LogP contribution in [0.15, 0.2) is 35.8 Å². The van der Waals surface area contributed by atoms with Gasteiger partial charge in [-0.1, -0.05) is 19.8 Å². The third-order valence-corrected chi connectivity index (χ3v) is 5.03. The third-order valence-electron chi connectivity index (χ3n) is 5.03. The summed E-state index contributed by atoms with van der Waals surface area (Å²) in [7, 11) is 0. The van der Waals surface area contributed by atoms with Crippen LogP contribution in [0.4, 0.5) is 9.59 Å². The Kier molecular flexibility index (Phi) is 8.32. The molecule has 1 aromatic rings. The van der Waals surface area contributed by atoms with Gasteiger partial charge in [-0.25, -0.2) is 14.6 Å². The highest BCUT2D eigenvalue weighted by Crippen LogP contribution is 2.37. The molecule has 0 aromatic carbocycles. The Bertz CT molecular complexity index is 822. The number of aromatic nitrogens is 1. The van der Waals surface area contributed by atoms with Crippen LogP contribution in [0.2, 0.25) is 0 Å². The molecule has 7 nitrogen and oxygen atoms in total. The van der Waals surface area contributed by atoms with Crippen molar-refractivity contribution in [1.82, 2.24) is 15.0 Å². The van der Waals surface area contributed by atoms with Gasteiger partial charge in [0.2, 0.25) is 0 Å². The van der Waals surface area contributed by atoms with E-state index in [4.69, 9.17) is 9.47 Å². The molecule has 0 N–H and O–H groups in total. The lowest BCUT2D eigenvalue weighted by Gasteiger charge is -2.35. The second kappa shape index (κ2) is 10.4. The molecule has 0 radical (unpaired) electrons. The lowest BCUT2D eigenvalue weighted by Crippen LogP contribution is -2.51. The molecule has 1 atom stereocenters. The summed E-state index contributed by atoms with van der Waals surface area (Å²) in [6.45, 7) is 15.0. The number of hydrogen-bond acceptors (Lipinski definition) is 5. The first-order chi connectivity index (χ1) is 14.8. The van der Waals surface area contributed by atoms with Gasteiger partial charge >= 0.3 is 12.2 Å². The zero-order valence-electron chi connectivity index (χ0n) is 20.9. The minimum absolute atomic E-state index is 0.314. The highest BCUT2D eigenvalue weighted by molar-refractivity contribution is 5.78. The number of amides is 2. The largest absolute Gasteiger partial charge is 0.442 e. The first-order valence-corrected chi connectivity index (χ1v) is 11.5. The van der Waals surface area contributed by atoms with Crippen LogP contribution < -0.4 is 0 Å². The van der Waals surface area contributed by atoms with Crippen LogP contribution in [0.25, 0.3) is 0 Å². The summed E-state index contributed by atoms with van der Waals surface area (Å²) in [6, 6.07) is 3.53. The van der Waals surface area contributed by atoms with Crippen molar-refractivity contribution in [1.29, 1.82) is 0 Å². The van der Waals surface area contributed by atoms with Crippen molar-refractivity contribution in [2.24, 2.45) is 0 Å². The second-order valence-corrected chi connectivity index (χ2v) is 10.3. The molecule has 178 valence electrons. The fraction of sp³-hybridized carbons (Fsp3) is 0.640. The predicted molar refractivity (Wildman–Crippen MR) is 125 cm³/mol. The minimum Gasteiger partial charge on any atom is -0.442 e. The van der Waals surface area contributed by atoms with Crippen molar-refractivity contribution < 1.29 is 19.1 Å². The third kappa shape index (κ3) is 6.97. The number of unbranched alkanes of at least 4 members (excludes halogenated alkanes) is 2. The Balaban J connectivity index is 2.52. The van der Waals surface area contributed by atoms with Gasteiger partial charge in [-0.2, -0.15) is 5.01 Å². The highest BCUT2D eigenvalue weighted by atomic mass is 16.6. The zero-order valence-corrected chi connectivity index (χ0v) is 20.9. The van der Waals surface area contributed by atoms with Crippen molar-refractivity contribution in [2.75, 3.05) is 0 Å². The van der Waals surface area contributed by atoms with Gasteiger partial charge in [0, 0.05) is 18.8 Å². The summed E-state index contributed by atoms with van der Waals surface area (Å²) in [6.07, 6.45) is 6.77. The maximum Gasteiger partial charge on any atom is 0.434 e. The van der Waals surface area contributed by atoms with Crippen LogP contribution in [0.3, 0.4) is 0 Å². The number of pyridine rings is 1. The van der Waals surface area contributed by atoms with Crippen molar-refractivity contribution in [3.63, 3.8) is 0 Å². The van der Waals surface area contributed by atoms with Crippen LogP contribution in [-0.2, 0) is 15.9 Å². The number of rotatable bonds is 6. The number of allylic oxidation sites excluding steroid dienone is 1. The molecule has 7 heteroatoms. The van der Waals surface area contributed by atoms with E-state index in [1.54, 1.807) is 12.4 Å². The summed E-state index contributed by atoms with van der Waals surface area (Å²) in [5.74, 6) is 0. The molecule has 1 aliphatic heterocycles. The molecule has 32 heavy (non-hydrogen) atoms.